The lowest BCUT2D eigenvalue weighted by atomic mass is 9.98. The molecule has 0 heterocycles. The predicted molar refractivity (Wildman–Crippen MR) is 195 cm³/mol. The summed E-state index contributed by atoms with van der Waals surface area (Å²) < 4.78 is 54.4. The zero-order valence-electron chi connectivity index (χ0n) is 28.2. The van der Waals surface area contributed by atoms with Crippen molar-refractivity contribution in [3.05, 3.63) is 190 Å². The van der Waals surface area contributed by atoms with Crippen molar-refractivity contribution >= 4 is 0 Å². The molecule has 0 N–H and O–H groups in total. The molecule has 0 aliphatic rings. The molecule has 4 heteroatoms. The molecule has 0 amide bonds. The smallest absolute Gasteiger partial charge is 0.131 e. The zero-order valence-corrected chi connectivity index (χ0v) is 28.2. The molecule has 6 aromatic carbocycles. The summed E-state index contributed by atoms with van der Waals surface area (Å²) in [6, 6.07) is 40.2. The van der Waals surface area contributed by atoms with Crippen molar-refractivity contribution in [1.29, 1.82) is 0 Å². The van der Waals surface area contributed by atoms with E-state index in [0.717, 1.165) is 78.3 Å². The third-order valence-electron chi connectivity index (χ3n) is 8.78. The Balaban J connectivity index is 0.000000191. The molecule has 0 aromatic heterocycles. The molecular formula is C45H42F4. The van der Waals surface area contributed by atoms with Crippen molar-refractivity contribution in [1.82, 2.24) is 0 Å². The van der Waals surface area contributed by atoms with Crippen LogP contribution in [0.5, 0.6) is 0 Å². The lowest BCUT2D eigenvalue weighted by Crippen LogP contribution is -1.93. The molecule has 0 aliphatic carbocycles. The van der Waals surface area contributed by atoms with Gasteiger partial charge in [-0.3, -0.25) is 0 Å². The minimum Gasteiger partial charge on any atom is -0.207 e. The molecule has 0 saturated carbocycles. The average Bonchev–Trinajstić information content (AvgIpc) is 3.12. The van der Waals surface area contributed by atoms with Crippen LogP contribution in [-0.4, -0.2) is 0 Å². The number of hydrogen-bond acceptors (Lipinski definition) is 0. The molecule has 6 rings (SSSR count). The normalized spacial score (nSPS) is 10.8. The largest absolute Gasteiger partial charge is 0.207 e. The number of rotatable bonds is 11. The summed E-state index contributed by atoms with van der Waals surface area (Å²) >= 11 is 0. The zero-order chi connectivity index (χ0) is 34.6. The van der Waals surface area contributed by atoms with Crippen LogP contribution in [0.1, 0.15) is 53.6 Å². The highest BCUT2D eigenvalue weighted by atomic mass is 19.1. The second-order valence-electron chi connectivity index (χ2n) is 12.4. The van der Waals surface area contributed by atoms with Crippen molar-refractivity contribution in [3.63, 3.8) is 0 Å². The molecule has 49 heavy (non-hydrogen) atoms. The van der Waals surface area contributed by atoms with E-state index < -0.39 is 0 Å². The van der Waals surface area contributed by atoms with Crippen molar-refractivity contribution in [2.75, 3.05) is 0 Å². The van der Waals surface area contributed by atoms with Crippen LogP contribution in [0.15, 0.2) is 133 Å². The van der Waals surface area contributed by atoms with Crippen molar-refractivity contribution in [2.45, 2.75) is 58.8 Å². The Morgan fingerprint density at radius 2 is 0.673 bits per heavy atom. The maximum Gasteiger partial charge on any atom is 0.131 e. The maximum absolute atomic E-state index is 14.3. The summed E-state index contributed by atoms with van der Waals surface area (Å²) in [5, 5.41) is 0. The number of hydrogen-bond donors (Lipinski definition) is 0. The minimum atomic E-state index is -0.209. The first-order valence-electron chi connectivity index (χ1n) is 17.1. The molecule has 0 bridgehead atoms. The van der Waals surface area contributed by atoms with Gasteiger partial charge in [0.1, 0.15) is 23.3 Å². The van der Waals surface area contributed by atoms with Gasteiger partial charge in [0.25, 0.3) is 0 Å². The van der Waals surface area contributed by atoms with Crippen LogP contribution >= 0.6 is 0 Å². The van der Waals surface area contributed by atoms with Crippen LogP contribution in [0.2, 0.25) is 0 Å². The topological polar surface area (TPSA) is 0 Å². The van der Waals surface area contributed by atoms with Gasteiger partial charge in [-0.1, -0.05) is 117 Å². The Hall–Kier alpha value is -4.96. The van der Waals surface area contributed by atoms with Crippen LogP contribution in [0.25, 0.3) is 22.3 Å². The minimum absolute atomic E-state index is 0.162. The summed E-state index contributed by atoms with van der Waals surface area (Å²) in [6.45, 7) is 4.11. The molecule has 6 aromatic rings. The van der Waals surface area contributed by atoms with Gasteiger partial charge in [-0.2, -0.15) is 0 Å². The fraction of sp³-hybridized carbons (Fsp3) is 0.200. The SMILES string of the molecule is CCCc1ccc(-c2ccc(CCc3ccc(F)cc3)cc2)c(F)c1.CCc1ccc(-c2ccc(CCc3ccc(F)cc3)cc2)c(F)c1. The molecule has 0 spiro atoms. The van der Waals surface area contributed by atoms with Gasteiger partial charge in [0, 0.05) is 11.1 Å². The van der Waals surface area contributed by atoms with Gasteiger partial charge in [-0.15, -0.1) is 0 Å². The second kappa shape index (κ2) is 17.4. The Kier molecular flexibility index (Phi) is 12.6. The van der Waals surface area contributed by atoms with Gasteiger partial charge in [0.05, 0.1) is 0 Å². The molecular weight excluding hydrogens is 616 g/mol. The molecule has 0 nitrogen and oxygen atoms in total. The quantitative estimate of drug-likeness (QED) is 0.122. The summed E-state index contributed by atoms with van der Waals surface area (Å²) in [4.78, 5) is 0. The third kappa shape index (κ3) is 10.3. The molecule has 0 fully saturated rings. The van der Waals surface area contributed by atoms with E-state index in [1.807, 2.05) is 104 Å². The van der Waals surface area contributed by atoms with Crippen molar-refractivity contribution in [2.24, 2.45) is 0 Å². The highest BCUT2D eigenvalue weighted by molar-refractivity contribution is 5.65. The first-order valence-corrected chi connectivity index (χ1v) is 17.1. The van der Waals surface area contributed by atoms with Crippen LogP contribution in [-0.2, 0) is 38.5 Å². The summed E-state index contributed by atoms with van der Waals surface area (Å²) in [6.07, 6.45) is 6.23. The van der Waals surface area contributed by atoms with Gasteiger partial charge in [-0.05, 0) is 119 Å². The van der Waals surface area contributed by atoms with E-state index in [1.165, 1.54) is 35.4 Å². The third-order valence-corrected chi connectivity index (χ3v) is 8.78. The average molecular weight is 659 g/mol. The first kappa shape index (κ1) is 35.3. The van der Waals surface area contributed by atoms with Gasteiger partial charge in [0.15, 0.2) is 0 Å². The Morgan fingerprint density at radius 3 is 1.02 bits per heavy atom. The van der Waals surface area contributed by atoms with Gasteiger partial charge in [-0.25, -0.2) is 17.6 Å². The Labute approximate surface area is 288 Å². The maximum atomic E-state index is 14.3. The lowest BCUT2D eigenvalue weighted by molar-refractivity contribution is 0.626. The number of benzene rings is 6. The summed E-state index contributed by atoms with van der Waals surface area (Å²) in [5.74, 6) is -0.752. The molecule has 250 valence electrons. The molecule has 0 saturated heterocycles. The standard InChI is InChI=1S/C23H22F2.C22H20F2/c1-2-3-19-10-15-22(23(25)16-19)20-11-6-17(7-12-20)4-5-18-8-13-21(24)14-9-18;1-2-16-9-14-21(22(24)15-16)19-10-5-17(6-11-19)3-4-18-7-12-20(23)13-8-18/h6-16H,2-5H2,1H3;5-15H,2-4H2,1H3. The molecule has 0 aliphatic heterocycles. The summed E-state index contributed by atoms with van der Waals surface area (Å²) in [5.41, 5.74) is 9.72. The molecule has 0 unspecified atom stereocenters. The van der Waals surface area contributed by atoms with Gasteiger partial charge < -0.3 is 0 Å². The predicted octanol–water partition coefficient (Wildman–Crippen LogP) is 12.3. The van der Waals surface area contributed by atoms with E-state index in [2.05, 4.69) is 6.92 Å². The van der Waals surface area contributed by atoms with E-state index in [0.29, 0.717) is 11.1 Å². The van der Waals surface area contributed by atoms with E-state index in [9.17, 15) is 17.6 Å². The van der Waals surface area contributed by atoms with Crippen molar-refractivity contribution in [3.8, 4) is 22.3 Å². The fourth-order valence-corrected chi connectivity index (χ4v) is 5.83. The molecule has 0 atom stereocenters. The van der Waals surface area contributed by atoms with Gasteiger partial charge >= 0.3 is 0 Å². The highest BCUT2D eigenvalue weighted by Gasteiger charge is 2.08. The fourth-order valence-electron chi connectivity index (χ4n) is 5.83. The van der Waals surface area contributed by atoms with Gasteiger partial charge in [0.2, 0.25) is 0 Å². The summed E-state index contributed by atoms with van der Waals surface area (Å²) in [7, 11) is 0. The van der Waals surface area contributed by atoms with E-state index in [4.69, 9.17) is 0 Å². The van der Waals surface area contributed by atoms with Crippen LogP contribution in [0.3, 0.4) is 0 Å². The Morgan fingerprint density at radius 1 is 0.347 bits per heavy atom. The van der Waals surface area contributed by atoms with Crippen molar-refractivity contribution < 1.29 is 17.6 Å². The Bertz CT molecular complexity index is 1910. The van der Waals surface area contributed by atoms with E-state index >= 15 is 0 Å². The first-order chi connectivity index (χ1) is 23.8. The lowest BCUT2D eigenvalue weighted by Gasteiger charge is -2.08. The van der Waals surface area contributed by atoms with E-state index in [1.54, 1.807) is 12.1 Å². The number of halogens is 4. The van der Waals surface area contributed by atoms with E-state index in [-0.39, 0.29) is 23.3 Å². The van der Waals surface area contributed by atoms with Crippen LogP contribution in [0, 0.1) is 23.3 Å². The number of aryl methyl sites for hydroxylation is 6. The van der Waals surface area contributed by atoms with Crippen LogP contribution in [0.4, 0.5) is 17.6 Å². The second-order valence-corrected chi connectivity index (χ2v) is 12.4. The molecule has 0 radical (unpaired) electrons. The van der Waals surface area contributed by atoms with Crippen LogP contribution < -0.4 is 0 Å². The monoisotopic (exact) mass is 658 g/mol. The highest BCUT2D eigenvalue weighted by Crippen LogP contribution is 2.26.